The molecule has 7 nitrogen and oxygen atoms in total. The molecule has 7 heteroatoms. The second-order valence-electron chi connectivity index (χ2n) is 3.88. The lowest BCUT2D eigenvalue weighted by Gasteiger charge is -2.09. The lowest BCUT2D eigenvalue weighted by molar-refractivity contribution is -0.386. The van der Waals surface area contributed by atoms with Gasteiger partial charge in [0.2, 0.25) is 5.75 Å². The van der Waals surface area contributed by atoms with Crippen LogP contribution >= 0.6 is 0 Å². The van der Waals surface area contributed by atoms with Crippen molar-refractivity contribution in [3.05, 3.63) is 58.4 Å². The molecule has 20 heavy (non-hydrogen) atoms. The number of nitro groups is 1. The molecule has 0 fully saturated rings. The summed E-state index contributed by atoms with van der Waals surface area (Å²) in [6.07, 6.45) is 2.21. The molecular formula is C13H10N2O5. The second-order valence-corrected chi connectivity index (χ2v) is 3.88. The highest BCUT2D eigenvalue weighted by molar-refractivity contribution is 5.71. The molecule has 0 saturated carbocycles. The molecule has 2 rings (SSSR count). The van der Waals surface area contributed by atoms with Gasteiger partial charge in [0.25, 0.3) is 0 Å². The van der Waals surface area contributed by atoms with Crippen molar-refractivity contribution >= 4 is 11.7 Å². The number of hydrogen-bond acceptors (Lipinski definition) is 5. The molecular weight excluding hydrogens is 264 g/mol. The van der Waals surface area contributed by atoms with Gasteiger partial charge in [-0.25, -0.2) is 0 Å². The average molecular weight is 274 g/mol. The largest absolute Gasteiger partial charge is 0.481 e. The Balaban J connectivity index is 2.35. The van der Waals surface area contributed by atoms with Crippen LogP contribution < -0.4 is 4.74 Å². The fourth-order valence-electron chi connectivity index (χ4n) is 1.63. The Morgan fingerprint density at radius 3 is 2.75 bits per heavy atom. The third kappa shape index (κ3) is 3.08. The number of carbonyl (C=O) groups is 1. The normalized spacial score (nSPS) is 10.0. The first kappa shape index (κ1) is 13.5. The van der Waals surface area contributed by atoms with Crippen LogP contribution in [0.15, 0.2) is 42.7 Å². The van der Waals surface area contributed by atoms with Crippen molar-refractivity contribution in [2.24, 2.45) is 0 Å². The van der Waals surface area contributed by atoms with Crippen LogP contribution in [-0.4, -0.2) is 21.0 Å². The van der Waals surface area contributed by atoms with Crippen LogP contribution in [0, 0.1) is 10.1 Å². The molecule has 0 aliphatic carbocycles. The molecule has 0 aliphatic rings. The summed E-state index contributed by atoms with van der Waals surface area (Å²) in [6.45, 7) is 0. The van der Waals surface area contributed by atoms with E-state index in [4.69, 9.17) is 9.84 Å². The number of benzene rings is 1. The van der Waals surface area contributed by atoms with E-state index < -0.39 is 10.9 Å². The molecule has 0 bridgehead atoms. The highest BCUT2D eigenvalue weighted by Crippen LogP contribution is 2.31. The lowest BCUT2D eigenvalue weighted by Crippen LogP contribution is -2.02. The van der Waals surface area contributed by atoms with E-state index in [0.29, 0.717) is 5.56 Å². The van der Waals surface area contributed by atoms with Gasteiger partial charge in [-0.1, -0.05) is 18.2 Å². The standard InChI is InChI=1S/C13H10N2O5/c16-13(17)7-9-3-1-2-4-11(9)20-12-5-6-14-8-10(12)15(18)19/h1-6,8H,7H2,(H,16,17). The topological polar surface area (TPSA) is 103 Å². The molecule has 0 saturated heterocycles. The molecule has 0 atom stereocenters. The zero-order chi connectivity index (χ0) is 14.5. The van der Waals surface area contributed by atoms with Crippen molar-refractivity contribution in [2.75, 3.05) is 0 Å². The fraction of sp³-hybridized carbons (Fsp3) is 0.0769. The molecule has 0 aliphatic heterocycles. The molecule has 1 heterocycles. The Morgan fingerprint density at radius 2 is 2.05 bits per heavy atom. The first-order chi connectivity index (χ1) is 9.58. The van der Waals surface area contributed by atoms with Gasteiger partial charge in [0, 0.05) is 17.8 Å². The number of pyridine rings is 1. The Kier molecular flexibility index (Phi) is 3.90. The maximum atomic E-state index is 10.9. The maximum Gasteiger partial charge on any atom is 0.329 e. The zero-order valence-corrected chi connectivity index (χ0v) is 10.2. The minimum Gasteiger partial charge on any atom is -0.481 e. The predicted molar refractivity (Wildman–Crippen MR) is 68.7 cm³/mol. The molecule has 1 aromatic carbocycles. The molecule has 0 amide bonds. The van der Waals surface area contributed by atoms with Crippen LogP contribution in [0.25, 0.3) is 0 Å². The Labute approximate surface area is 113 Å². The maximum absolute atomic E-state index is 10.9. The summed E-state index contributed by atoms with van der Waals surface area (Å²) in [7, 11) is 0. The van der Waals surface area contributed by atoms with E-state index in [-0.39, 0.29) is 23.6 Å². The summed E-state index contributed by atoms with van der Waals surface area (Å²) >= 11 is 0. The van der Waals surface area contributed by atoms with Gasteiger partial charge in [-0.3, -0.25) is 19.9 Å². The Morgan fingerprint density at radius 1 is 1.30 bits per heavy atom. The first-order valence-electron chi connectivity index (χ1n) is 5.64. The number of ether oxygens (including phenoxy) is 1. The van der Waals surface area contributed by atoms with Gasteiger partial charge in [-0.05, 0) is 6.07 Å². The molecule has 0 spiro atoms. The fourth-order valence-corrected chi connectivity index (χ4v) is 1.63. The SMILES string of the molecule is O=C(O)Cc1ccccc1Oc1ccncc1[N+](=O)[O-]. The molecule has 1 N–H and O–H groups in total. The Hall–Kier alpha value is -2.96. The quantitative estimate of drug-likeness (QED) is 0.663. The summed E-state index contributed by atoms with van der Waals surface area (Å²) < 4.78 is 5.46. The summed E-state index contributed by atoms with van der Waals surface area (Å²) in [5.41, 5.74) is 0.156. The minimum atomic E-state index is -1.01. The van der Waals surface area contributed by atoms with Crippen LogP contribution in [0.5, 0.6) is 11.5 Å². The molecule has 102 valence electrons. The number of hydrogen-bond donors (Lipinski definition) is 1. The van der Waals surface area contributed by atoms with E-state index >= 15 is 0 Å². The van der Waals surface area contributed by atoms with Crippen molar-refractivity contribution in [3.8, 4) is 11.5 Å². The van der Waals surface area contributed by atoms with Crippen molar-refractivity contribution in [1.29, 1.82) is 0 Å². The van der Waals surface area contributed by atoms with E-state index in [1.165, 1.54) is 12.3 Å². The highest BCUT2D eigenvalue weighted by Gasteiger charge is 2.17. The lowest BCUT2D eigenvalue weighted by atomic mass is 10.1. The number of rotatable bonds is 5. The van der Waals surface area contributed by atoms with Gasteiger partial charge >= 0.3 is 11.7 Å². The molecule has 0 radical (unpaired) electrons. The van der Waals surface area contributed by atoms with Gasteiger partial charge in [-0.2, -0.15) is 0 Å². The van der Waals surface area contributed by atoms with Crippen LogP contribution in [0.4, 0.5) is 5.69 Å². The van der Waals surface area contributed by atoms with Gasteiger partial charge in [0.05, 0.1) is 11.3 Å². The number of carboxylic acid groups (broad SMARTS) is 1. The average Bonchev–Trinajstić information content (AvgIpc) is 2.41. The van der Waals surface area contributed by atoms with E-state index in [1.807, 2.05) is 0 Å². The van der Waals surface area contributed by atoms with Crippen molar-refractivity contribution in [3.63, 3.8) is 0 Å². The van der Waals surface area contributed by atoms with Gasteiger partial charge in [-0.15, -0.1) is 0 Å². The van der Waals surface area contributed by atoms with E-state index in [9.17, 15) is 14.9 Å². The summed E-state index contributed by atoms with van der Waals surface area (Å²) in [5, 5.41) is 19.7. The number of carboxylic acids is 1. The number of aromatic nitrogens is 1. The van der Waals surface area contributed by atoms with Crippen molar-refractivity contribution < 1.29 is 19.6 Å². The minimum absolute atomic E-state index is 0.0165. The third-order valence-corrected chi connectivity index (χ3v) is 2.49. The van der Waals surface area contributed by atoms with E-state index in [0.717, 1.165) is 6.20 Å². The first-order valence-corrected chi connectivity index (χ1v) is 5.64. The molecule has 1 aromatic heterocycles. The molecule has 0 unspecified atom stereocenters. The van der Waals surface area contributed by atoms with Crippen LogP contribution in [0.1, 0.15) is 5.56 Å². The van der Waals surface area contributed by atoms with Crippen molar-refractivity contribution in [1.82, 2.24) is 4.98 Å². The number of para-hydroxylation sites is 1. The van der Waals surface area contributed by atoms with Gasteiger partial charge < -0.3 is 9.84 Å². The number of aliphatic carboxylic acids is 1. The van der Waals surface area contributed by atoms with Crippen LogP contribution in [-0.2, 0) is 11.2 Å². The highest BCUT2D eigenvalue weighted by atomic mass is 16.6. The van der Waals surface area contributed by atoms with Crippen LogP contribution in [0.3, 0.4) is 0 Å². The van der Waals surface area contributed by atoms with Crippen molar-refractivity contribution in [2.45, 2.75) is 6.42 Å². The third-order valence-electron chi connectivity index (χ3n) is 2.49. The smallest absolute Gasteiger partial charge is 0.329 e. The second kappa shape index (κ2) is 5.79. The van der Waals surface area contributed by atoms with E-state index in [1.54, 1.807) is 24.3 Å². The summed E-state index contributed by atoms with van der Waals surface area (Å²) in [4.78, 5) is 24.7. The number of nitrogens with zero attached hydrogens (tertiary/aromatic N) is 2. The zero-order valence-electron chi connectivity index (χ0n) is 10.2. The van der Waals surface area contributed by atoms with Gasteiger partial charge in [0.15, 0.2) is 0 Å². The van der Waals surface area contributed by atoms with E-state index in [2.05, 4.69) is 4.98 Å². The summed E-state index contributed by atoms with van der Waals surface area (Å²) in [6, 6.07) is 7.84. The predicted octanol–water partition coefficient (Wildman–Crippen LogP) is 2.41. The van der Waals surface area contributed by atoms with Gasteiger partial charge in [0.1, 0.15) is 11.9 Å². The summed E-state index contributed by atoms with van der Waals surface area (Å²) in [5.74, 6) is -0.725. The Bertz CT molecular complexity index is 657. The molecule has 2 aromatic rings. The monoisotopic (exact) mass is 274 g/mol. The van der Waals surface area contributed by atoms with Crippen LogP contribution in [0.2, 0.25) is 0 Å².